The van der Waals surface area contributed by atoms with E-state index >= 15 is 0 Å². The van der Waals surface area contributed by atoms with Gasteiger partial charge in [0.1, 0.15) is 0 Å². The molecule has 1 fully saturated rings. The Morgan fingerprint density at radius 1 is 1.53 bits per heavy atom. The minimum Gasteiger partial charge on any atom is -0.383 e. The van der Waals surface area contributed by atoms with Gasteiger partial charge in [0, 0.05) is 33.4 Å². The van der Waals surface area contributed by atoms with E-state index in [2.05, 4.69) is 5.32 Å². The minimum absolute atomic E-state index is 0.0327. The molecule has 88 valence electrons. The topological polar surface area (TPSA) is 73.6 Å². The highest BCUT2D eigenvalue weighted by Gasteiger charge is 2.38. The number of hydrogen-bond donors (Lipinski definition) is 2. The smallest absolute Gasteiger partial charge is 0.227 e. The highest BCUT2D eigenvalue weighted by atomic mass is 16.5. The van der Waals surface area contributed by atoms with Crippen LogP contribution in [0.5, 0.6) is 0 Å². The second-order valence-corrected chi connectivity index (χ2v) is 3.85. The van der Waals surface area contributed by atoms with Gasteiger partial charge in [-0.3, -0.25) is 4.79 Å². The van der Waals surface area contributed by atoms with Crippen molar-refractivity contribution in [3.63, 3.8) is 0 Å². The molecule has 1 amide bonds. The molecular weight excluding hydrogens is 196 g/mol. The van der Waals surface area contributed by atoms with Gasteiger partial charge in [-0.15, -0.1) is 0 Å². The molecule has 0 spiro atoms. The zero-order valence-electron chi connectivity index (χ0n) is 9.25. The van der Waals surface area contributed by atoms with Crippen LogP contribution in [0.4, 0.5) is 0 Å². The molecule has 1 saturated heterocycles. The quantitative estimate of drug-likeness (QED) is 0.608. The molecule has 0 radical (unpaired) electrons. The standard InChI is InChI=1S/C10H20N2O3/c1-14-7-4-12-9(13)10(8-11)2-5-15-6-3-10/h2-8,11H2,1H3,(H,12,13). The number of carbonyl (C=O) groups excluding carboxylic acids is 1. The molecule has 0 aromatic rings. The molecule has 5 heteroatoms. The fourth-order valence-corrected chi connectivity index (χ4v) is 1.74. The molecule has 1 aliphatic heterocycles. The van der Waals surface area contributed by atoms with Gasteiger partial charge < -0.3 is 20.5 Å². The number of ether oxygens (including phenoxy) is 2. The van der Waals surface area contributed by atoms with E-state index in [1.165, 1.54) is 0 Å². The first-order valence-electron chi connectivity index (χ1n) is 5.30. The zero-order chi connectivity index (χ0) is 11.1. The number of amides is 1. The van der Waals surface area contributed by atoms with Crippen LogP contribution in [0.3, 0.4) is 0 Å². The van der Waals surface area contributed by atoms with Gasteiger partial charge in [-0.1, -0.05) is 0 Å². The average molecular weight is 216 g/mol. The maximum atomic E-state index is 11.9. The van der Waals surface area contributed by atoms with E-state index in [0.29, 0.717) is 45.8 Å². The molecule has 0 aliphatic carbocycles. The van der Waals surface area contributed by atoms with E-state index in [9.17, 15) is 4.79 Å². The molecular formula is C10H20N2O3. The number of rotatable bonds is 5. The Hall–Kier alpha value is -0.650. The fourth-order valence-electron chi connectivity index (χ4n) is 1.74. The SMILES string of the molecule is COCCNC(=O)C1(CN)CCOCC1. The maximum absolute atomic E-state index is 11.9. The van der Waals surface area contributed by atoms with Crippen molar-refractivity contribution >= 4 is 5.91 Å². The minimum atomic E-state index is -0.425. The summed E-state index contributed by atoms with van der Waals surface area (Å²) in [6, 6.07) is 0. The molecule has 3 N–H and O–H groups in total. The first-order valence-corrected chi connectivity index (χ1v) is 5.30. The van der Waals surface area contributed by atoms with E-state index < -0.39 is 5.41 Å². The number of hydrogen-bond acceptors (Lipinski definition) is 4. The van der Waals surface area contributed by atoms with Gasteiger partial charge in [0.05, 0.1) is 12.0 Å². The monoisotopic (exact) mass is 216 g/mol. The van der Waals surface area contributed by atoms with Crippen molar-refractivity contribution in [2.24, 2.45) is 11.1 Å². The van der Waals surface area contributed by atoms with Crippen LogP contribution in [0.2, 0.25) is 0 Å². The van der Waals surface area contributed by atoms with Gasteiger partial charge >= 0.3 is 0 Å². The number of carbonyl (C=O) groups is 1. The fraction of sp³-hybridized carbons (Fsp3) is 0.900. The van der Waals surface area contributed by atoms with Gasteiger partial charge in [0.2, 0.25) is 5.91 Å². The predicted molar refractivity (Wildman–Crippen MR) is 56.4 cm³/mol. The average Bonchev–Trinajstić information content (AvgIpc) is 2.30. The third-order valence-electron chi connectivity index (χ3n) is 2.91. The predicted octanol–water partition coefficient (Wildman–Crippen LogP) is -0.495. The van der Waals surface area contributed by atoms with Gasteiger partial charge in [-0.2, -0.15) is 0 Å². The molecule has 0 unspecified atom stereocenters. The lowest BCUT2D eigenvalue weighted by molar-refractivity contribution is -0.136. The summed E-state index contributed by atoms with van der Waals surface area (Å²) in [6.45, 7) is 2.69. The van der Waals surface area contributed by atoms with E-state index in [1.54, 1.807) is 7.11 Å². The van der Waals surface area contributed by atoms with Crippen molar-refractivity contribution in [3.05, 3.63) is 0 Å². The Bertz CT molecular complexity index is 203. The second kappa shape index (κ2) is 6.05. The van der Waals surface area contributed by atoms with Crippen LogP contribution in [0, 0.1) is 5.41 Å². The first kappa shape index (κ1) is 12.4. The van der Waals surface area contributed by atoms with E-state index in [0.717, 1.165) is 0 Å². The zero-order valence-corrected chi connectivity index (χ0v) is 9.25. The summed E-state index contributed by atoms with van der Waals surface area (Å²) in [6.07, 6.45) is 1.42. The van der Waals surface area contributed by atoms with E-state index in [1.807, 2.05) is 0 Å². The Balaban J connectivity index is 2.45. The largest absolute Gasteiger partial charge is 0.383 e. The summed E-state index contributed by atoms with van der Waals surface area (Å²) >= 11 is 0. The van der Waals surface area contributed by atoms with Crippen molar-refractivity contribution < 1.29 is 14.3 Å². The number of methoxy groups -OCH3 is 1. The third kappa shape index (κ3) is 3.15. The van der Waals surface area contributed by atoms with Crippen LogP contribution in [0.15, 0.2) is 0 Å². The molecule has 0 saturated carbocycles. The van der Waals surface area contributed by atoms with Crippen LogP contribution in [0.25, 0.3) is 0 Å². The number of nitrogens with two attached hydrogens (primary N) is 1. The Morgan fingerprint density at radius 2 is 2.20 bits per heavy atom. The molecule has 1 heterocycles. The molecule has 1 aliphatic rings. The lowest BCUT2D eigenvalue weighted by atomic mass is 9.79. The number of nitrogens with one attached hydrogen (secondary N) is 1. The normalized spacial score (nSPS) is 19.9. The lowest BCUT2D eigenvalue weighted by Gasteiger charge is -2.34. The lowest BCUT2D eigenvalue weighted by Crippen LogP contribution is -2.49. The molecule has 0 aromatic heterocycles. The molecule has 15 heavy (non-hydrogen) atoms. The molecule has 5 nitrogen and oxygen atoms in total. The second-order valence-electron chi connectivity index (χ2n) is 3.85. The highest BCUT2D eigenvalue weighted by molar-refractivity contribution is 5.83. The Morgan fingerprint density at radius 3 is 2.73 bits per heavy atom. The van der Waals surface area contributed by atoms with Crippen LogP contribution in [-0.4, -0.2) is 45.9 Å². The Kier molecular flexibility index (Phi) is 5.01. The summed E-state index contributed by atoms with van der Waals surface area (Å²) < 4.78 is 10.1. The van der Waals surface area contributed by atoms with Crippen LogP contribution in [0.1, 0.15) is 12.8 Å². The van der Waals surface area contributed by atoms with E-state index in [4.69, 9.17) is 15.2 Å². The molecule has 0 bridgehead atoms. The van der Waals surface area contributed by atoms with Crippen molar-refractivity contribution in [1.29, 1.82) is 0 Å². The summed E-state index contributed by atoms with van der Waals surface area (Å²) in [4.78, 5) is 11.9. The highest BCUT2D eigenvalue weighted by Crippen LogP contribution is 2.29. The third-order valence-corrected chi connectivity index (χ3v) is 2.91. The first-order chi connectivity index (χ1) is 7.25. The summed E-state index contributed by atoms with van der Waals surface area (Å²) in [5.74, 6) is 0.0327. The summed E-state index contributed by atoms with van der Waals surface area (Å²) in [5.41, 5.74) is 5.27. The van der Waals surface area contributed by atoms with Crippen molar-refractivity contribution in [2.45, 2.75) is 12.8 Å². The van der Waals surface area contributed by atoms with Crippen molar-refractivity contribution in [3.8, 4) is 0 Å². The maximum Gasteiger partial charge on any atom is 0.227 e. The molecule has 1 rings (SSSR count). The molecule has 0 aromatic carbocycles. The Labute approximate surface area is 90.3 Å². The van der Waals surface area contributed by atoms with Gasteiger partial charge in [-0.05, 0) is 12.8 Å². The van der Waals surface area contributed by atoms with Crippen LogP contribution in [-0.2, 0) is 14.3 Å². The van der Waals surface area contributed by atoms with Gasteiger partial charge in [0.15, 0.2) is 0 Å². The van der Waals surface area contributed by atoms with Crippen molar-refractivity contribution in [2.75, 3.05) is 40.0 Å². The van der Waals surface area contributed by atoms with Gasteiger partial charge in [-0.25, -0.2) is 0 Å². The van der Waals surface area contributed by atoms with E-state index in [-0.39, 0.29) is 5.91 Å². The van der Waals surface area contributed by atoms with Crippen LogP contribution < -0.4 is 11.1 Å². The van der Waals surface area contributed by atoms with Crippen molar-refractivity contribution in [1.82, 2.24) is 5.32 Å². The van der Waals surface area contributed by atoms with Crippen LogP contribution >= 0.6 is 0 Å². The summed E-state index contributed by atoms with van der Waals surface area (Å²) in [5, 5.41) is 2.85. The summed E-state index contributed by atoms with van der Waals surface area (Å²) in [7, 11) is 1.61. The van der Waals surface area contributed by atoms with Gasteiger partial charge in [0.25, 0.3) is 0 Å². The molecule has 0 atom stereocenters.